The van der Waals surface area contributed by atoms with Crippen molar-refractivity contribution in [3.05, 3.63) is 51.5 Å². The van der Waals surface area contributed by atoms with Gasteiger partial charge in [0.1, 0.15) is 5.82 Å². The van der Waals surface area contributed by atoms with E-state index in [2.05, 4.69) is 5.32 Å². The fourth-order valence-electron chi connectivity index (χ4n) is 1.55. The molecule has 0 bridgehead atoms. The van der Waals surface area contributed by atoms with E-state index in [-0.39, 0.29) is 5.56 Å². The van der Waals surface area contributed by atoms with Crippen molar-refractivity contribution >= 4 is 23.0 Å². The van der Waals surface area contributed by atoms with Gasteiger partial charge >= 0.3 is 5.97 Å². The lowest BCUT2D eigenvalue weighted by Gasteiger charge is -2.08. The molecule has 2 rings (SSSR count). The van der Waals surface area contributed by atoms with E-state index in [1.54, 1.807) is 11.3 Å². The van der Waals surface area contributed by atoms with Gasteiger partial charge in [0.25, 0.3) is 0 Å². The predicted molar refractivity (Wildman–Crippen MR) is 69.7 cm³/mol. The summed E-state index contributed by atoms with van der Waals surface area (Å²) in [6.45, 7) is 2.52. The summed E-state index contributed by atoms with van der Waals surface area (Å²) in [5.41, 5.74) is 2.53. The lowest BCUT2D eigenvalue weighted by Crippen LogP contribution is -2.03. The minimum atomic E-state index is -1.13. The lowest BCUT2D eigenvalue weighted by atomic mass is 10.2. The van der Waals surface area contributed by atoms with Gasteiger partial charge < -0.3 is 10.4 Å². The summed E-state index contributed by atoms with van der Waals surface area (Å²) >= 11 is 1.60. The summed E-state index contributed by atoms with van der Waals surface area (Å²) in [6, 6.07) is 3.85. The molecule has 0 fully saturated rings. The molecule has 0 atom stereocenters. The summed E-state index contributed by atoms with van der Waals surface area (Å²) in [7, 11) is 0. The molecule has 3 nitrogen and oxygen atoms in total. The Balaban J connectivity index is 2.11. The lowest BCUT2D eigenvalue weighted by molar-refractivity contribution is 0.0696. The molecule has 0 radical (unpaired) electrons. The first-order valence-corrected chi connectivity index (χ1v) is 6.30. The van der Waals surface area contributed by atoms with Crippen LogP contribution < -0.4 is 5.32 Å². The second kappa shape index (κ2) is 5.18. The van der Waals surface area contributed by atoms with Crippen LogP contribution in [0.1, 0.15) is 21.5 Å². The van der Waals surface area contributed by atoms with Gasteiger partial charge in [-0.15, -0.1) is 0 Å². The average Bonchev–Trinajstić information content (AvgIpc) is 2.73. The third-order valence-corrected chi connectivity index (χ3v) is 3.56. The summed E-state index contributed by atoms with van der Waals surface area (Å²) in [4.78, 5) is 10.7. The van der Waals surface area contributed by atoms with Gasteiger partial charge in [-0.25, -0.2) is 9.18 Å². The highest BCUT2D eigenvalue weighted by molar-refractivity contribution is 7.08. The fourth-order valence-corrected chi connectivity index (χ4v) is 2.41. The molecular weight excluding hydrogens is 253 g/mol. The molecule has 18 heavy (non-hydrogen) atoms. The first kappa shape index (κ1) is 12.6. The number of hydrogen-bond acceptors (Lipinski definition) is 3. The first-order valence-electron chi connectivity index (χ1n) is 5.36. The van der Waals surface area contributed by atoms with Gasteiger partial charge in [0.05, 0.1) is 11.3 Å². The smallest absolute Gasteiger partial charge is 0.335 e. The van der Waals surface area contributed by atoms with Crippen molar-refractivity contribution in [2.45, 2.75) is 13.5 Å². The Hall–Kier alpha value is -1.88. The van der Waals surface area contributed by atoms with Gasteiger partial charge in [-0.3, -0.25) is 0 Å². The van der Waals surface area contributed by atoms with Gasteiger partial charge in [0.2, 0.25) is 0 Å². The van der Waals surface area contributed by atoms with Crippen molar-refractivity contribution in [2.24, 2.45) is 0 Å². The van der Waals surface area contributed by atoms with E-state index in [0.29, 0.717) is 12.2 Å². The van der Waals surface area contributed by atoms with Crippen molar-refractivity contribution in [1.82, 2.24) is 0 Å². The molecule has 2 aromatic rings. The van der Waals surface area contributed by atoms with Crippen LogP contribution >= 0.6 is 11.3 Å². The maximum atomic E-state index is 13.6. The second-order valence-corrected chi connectivity index (χ2v) is 4.68. The summed E-state index contributed by atoms with van der Waals surface area (Å²) in [6.07, 6.45) is 0. The average molecular weight is 265 g/mol. The number of thiophene rings is 1. The number of rotatable bonds is 4. The highest BCUT2D eigenvalue weighted by atomic mass is 32.1. The van der Waals surface area contributed by atoms with Gasteiger partial charge in [0, 0.05) is 6.54 Å². The van der Waals surface area contributed by atoms with Crippen LogP contribution in [0.4, 0.5) is 10.1 Å². The van der Waals surface area contributed by atoms with Crippen molar-refractivity contribution in [2.75, 3.05) is 5.32 Å². The molecule has 0 aliphatic heterocycles. The van der Waals surface area contributed by atoms with E-state index in [1.165, 1.54) is 12.1 Å². The Labute approximate surface area is 108 Å². The quantitative estimate of drug-likeness (QED) is 0.889. The molecular formula is C13H12FNO2S. The SMILES string of the molecule is Cc1cscc1CNc1ccc(C(=O)O)cc1F. The van der Waals surface area contributed by atoms with E-state index < -0.39 is 11.8 Å². The van der Waals surface area contributed by atoms with Crippen LogP contribution in [0.25, 0.3) is 0 Å². The number of aryl methyl sites for hydroxylation is 1. The number of aromatic carboxylic acids is 1. The Bertz CT molecular complexity index is 580. The standard InChI is InChI=1S/C13H12FNO2S/c1-8-6-18-7-10(8)5-15-12-3-2-9(13(16)17)4-11(12)14/h2-4,6-7,15H,5H2,1H3,(H,16,17). The molecule has 1 heterocycles. The van der Waals surface area contributed by atoms with Crippen LogP contribution in [-0.2, 0) is 6.54 Å². The van der Waals surface area contributed by atoms with Gasteiger partial charge in [-0.05, 0) is 47.0 Å². The minimum absolute atomic E-state index is 0.0511. The van der Waals surface area contributed by atoms with Crippen molar-refractivity contribution < 1.29 is 14.3 Å². The second-order valence-electron chi connectivity index (χ2n) is 3.93. The number of nitrogens with one attached hydrogen (secondary N) is 1. The molecule has 1 aromatic carbocycles. The number of halogens is 1. The Kier molecular flexibility index (Phi) is 3.62. The monoisotopic (exact) mass is 265 g/mol. The molecule has 0 amide bonds. The molecule has 2 N–H and O–H groups in total. The van der Waals surface area contributed by atoms with E-state index >= 15 is 0 Å². The van der Waals surface area contributed by atoms with Crippen LogP contribution in [0.3, 0.4) is 0 Å². The fraction of sp³-hybridized carbons (Fsp3) is 0.154. The Morgan fingerprint density at radius 2 is 2.22 bits per heavy atom. The topological polar surface area (TPSA) is 49.3 Å². The Morgan fingerprint density at radius 1 is 1.44 bits per heavy atom. The summed E-state index contributed by atoms with van der Waals surface area (Å²) in [5, 5.41) is 15.7. The number of benzene rings is 1. The maximum Gasteiger partial charge on any atom is 0.335 e. The highest BCUT2D eigenvalue weighted by Gasteiger charge is 2.08. The normalized spacial score (nSPS) is 10.3. The molecule has 5 heteroatoms. The van der Waals surface area contributed by atoms with Gasteiger partial charge in [-0.1, -0.05) is 0 Å². The zero-order valence-corrected chi connectivity index (χ0v) is 10.6. The van der Waals surface area contributed by atoms with Crippen LogP contribution in [0, 0.1) is 12.7 Å². The largest absolute Gasteiger partial charge is 0.478 e. The Morgan fingerprint density at radius 3 is 2.78 bits per heavy atom. The number of carboxylic acid groups (broad SMARTS) is 1. The first-order chi connectivity index (χ1) is 8.58. The van der Waals surface area contributed by atoms with Crippen LogP contribution in [-0.4, -0.2) is 11.1 Å². The van der Waals surface area contributed by atoms with Crippen molar-refractivity contribution in [3.63, 3.8) is 0 Å². The van der Waals surface area contributed by atoms with Crippen molar-refractivity contribution in [3.8, 4) is 0 Å². The highest BCUT2D eigenvalue weighted by Crippen LogP contribution is 2.19. The number of carboxylic acids is 1. The van der Waals surface area contributed by atoms with E-state index in [9.17, 15) is 9.18 Å². The zero-order chi connectivity index (χ0) is 13.1. The molecule has 0 aliphatic carbocycles. The molecule has 0 saturated heterocycles. The third kappa shape index (κ3) is 2.68. The van der Waals surface area contributed by atoms with E-state index in [0.717, 1.165) is 17.2 Å². The number of hydrogen-bond donors (Lipinski definition) is 2. The van der Waals surface area contributed by atoms with E-state index in [4.69, 9.17) is 5.11 Å². The van der Waals surface area contributed by atoms with Gasteiger partial charge in [-0.2, -0.15) is 11.3 Å². The number of carbonyl (C=O) groups is 1. The van der Waals surface area contributed by atoms with Crippen LogP contribution in [0.15, 0.2) is 29.0 Å². The molecule has 94 valence electrons. The maximum absolute atomic E-state index is 13.6. The number of anilines is 1. The minimum Gasteiger partial charge on any atom is -0.478 e. The molecule has 1 aromatic heterocycles. The zero-order valence-electron chi connectivity index (χ0n) is 9.74. The van der Waals surface area contributed by atoms with Crippen molar-refractivity contribution in [1.29, 1.82) is 0 Å². The third-order valence-electron chi connectivity index (χ3n) is 2.65. The summed E-state index contributed by atoms with van der Waals surface area (Å²) < 4.78 is 13.6. The molecule has 0 unspecified atom stereocenters. The predicted octanol–water partition coefficient (Wildman–Crippen LogP) is 3.51. The van der Waals surface area contributed by atoms with E-state index in [1.807, 2.05) is 17.7 Å². The molecule has 0 saturated carbocycles. The molecule has 0 aliphatic rings. The summed E-state index contributed by atoms with van der Waals surface area (Å²) in [5.74, 6) is -1.68. The van der Waals surface area contributed by atoms with Crippen LogP contribution in [0.5, 0.6) is 0 Å². The van der Waals surface area contributed by atoms with Gasteiger partial charge in [0.15, 0.2) is 0 Å². The molecule has 0 spiro atoms. The van der Waals surface area contributed by atoms with Crippen LogP contribution in [0.2, 0.25) is 0 Å².